The quantitative estimate of drug-likeness (QED) is 0.846. The number of rotatable bonds is 3. The molecule has 0 bridgehead atoms. The molecule has 0 fully saturated rings. The number of hydrogen-bond acceptors (Lipinski definition) is 3. The Morgan fingerprint density at radius 2 is 1.90 bits per heavy atom. The number of benzene rings is 2. The number of carbonyl (C=O) groups is 1. The number of nitrogen functional groups attached to an aromatic ring is 1. The molecule has 2 aromatic carbocycles. The molecule has 0 radical (unpaired) electrons. The zero-order valence-corrected chi connectivity index (χ0v) is 11.2. The van der Waals surface area contributed by atoms with E-state index in [0.29, 0.717) is 5.56 Å². The molecule has 0 aromatic heterocycles. The summed E-state index contributed by atoms with van der Waals surface area (Å²) in [6.45, 7) is 1.92. The highest BCUT2D eigenvalue weighted by molar-refractivity contribution is 6.04. The number of aryl methyl sites for hydroxylation is 1. The van der Waals surface area contributed by atoms with E-state index in [1.807, 2.05) is 19.1 Å². The average Bonchev–Trinajstić information content (AvgIpc) is 2.43. The van der Waals surface area contributed by atoms with Gasteiger partial charge in [-0.05, 0) is 25.1 Å². The van der Waals surface area contributed by atoms with Crippen LogP contribution in [0.4, 0.5) is 15.8 Å². The first-order valence-electron chi connectivity index (χ1n) is 6.02. The summed E-state index contributed by atoms with van der Waals surface area (Å²) in [7, 11) is 1.40. The van der Waals surface area contributed by atoms with Gasteiger partial charge in [0.15, 0.2) is 5.82 Å². The normalized spacial score (nSPS) is 10.2. The molecular formula is C15H15FN2O2. The SMILES string of the molecule is COc1cc(F)c(NC(=O)c2ccc(C)cc2)cc1N. The van der Waals surface area contributed by atoms with Crippen LogP contribution in [0, 0.1) is 12.7 Å². The van der Waals surface area contributed by atoms with Gasteiger partial charge in [-0.25, -0.2) is 4.39 Å². The molecule has 0 aliphatic rings. The number of carbonyl (C=O) groups excluding carboxylic acids is 1. The van der Waals surface area contributed by atoms with Crippen molar-refractivity contribution in [2.45, 2.75) is 6.92 Å². The smallest absolute Gasteiger partial charge is 0.255 e. The summed E-state index contributed by atoms with van der Waals surface area (Å²) >= 11 is 0. The number of anilines is 2. The van der Waals surface area contributed by atoms with Crippen molar-refractivity contribution in [2.75, 3.05) is 18.2 Å². The van der Waals surface area contributed by atoms with Gasteiger partial charge >= 0.3 is 0 Å². The number of halogens is 1. The minimum Gasteiger partial charge on any atom is -0.494 e. The zero-order valence-electron chi connectivity index (χ0n) is 11.2. The lowest BCUT2D eigenvalue weighted by Gasteiger charge is -2.10. The molecule has 1 amide bonds. The molecule has 0 aliphatic heterocycles. The van der Waals surface area contributed by atoms with E-state index in [1.165, 1.54) is 13.2 Å². The van der Waals surface area contributed by atoms with Crippen LogP contribution < -0.4 is 15.8 Å². The Balaban J connectivity index is 2.23. The van der Waals surface area contributed by atoms with Crippen molar-refractivity contribution in [3.63, 3.8) is 0 Å². The maximum absolute atomic E-state index is 13.8. The number of ether oxygens (including phenoxy) is 1. The van der Waals surface area contributed by atoms with Gasteiger partial charge in [-0.3, -0.25) is 4.79 Å². The molecule has 0 saturated heterocycles. The van der Waals surface area contributed by atoms with Crippen molar-refractivity contribution >= 4 is 17.3 Å². The van der Waals surface area contributed by atoms with Gasteiger partial charge in [-0.15, -0.1) is 0 Å². The summed E-state index contributed by atoms with van der Waals surface area (Å²) in [6.07, 6.45) is 0. The predicted molar refractivity (Wildman–Crippen MR) is 76.5 cm³/mol. The van der Waals surface area contributed by atoms with Gasteiger partial charge in [0, 0.05) is 11.6 Å². The van der Waals surface area contributed by atoms with E-state index in [-0.39, 0.29) is 17.1 Å². The fraction of sp³-hybridized carbons (Fsp3) is 0.133. The van der Waals surface area contributed by atoms with Crippen LogP contribution in [0.25, 0.3) is 0 Å². The highest BCUT2D eigenvalue weighted by Gasteiger charge is 2.12. The lowest BCUT2D eigenvalue weighted by molar-refractivity contribution is 0.102. The van der Waals surface area contributed by atoms with Gasteiger partial charge in [-0.2, -0.15) is 0 Å². The fourth-order valence-corrected chi connectivity index (χ4v) is 1.74. The molecule has 0 spiro atoms. The van der Waals surface area contributed by atoms with E-state index in [4.69, 9.17) is 10.5 Å². The first-order chi connectivity index (χ1) is 9.51. The molecule has 20 heavy (non-hydrogen) atoms. The molecule has 0 heterocycles. The van der Waals surface area contributed by atoms with E-state index in [1.54, 1.807) is 12.1 Å². The van der Waals surface area contributed by atoms with Gasteiger partial charge in [0.1, 0.15) is 5.75 Å². The van der Waals surface area contributed by atoms with Gasteiger partial charge in [0.05, 0.1) is 18.5 Å². The topological polar surface area (TPSA) is 64.3 Å². The molecule has 0 atom stereocenters. The van der Waals surface area contributed by atoms with Crippen molar-refractivity contribution in [2.24, 2.45) is 0 Å². The first kappa shape index (κ1) is 13.9. The van der Waals surface area contributed by atoms with E-state index in [0.717, 1.165) is 11.6 Å². The number of methoxy groups -OCH3 is 1. The average molecular weight is 274 g/mol. The lowest BCUT2D eigenvalue weighted by atomic mass is 10.1. The third-order valence-corrected chi connectivity index (χ3v) is 2.88. The van der Waals surface area contributed by atoms with E-state index in [2.05, 4.69) is 5.32 Å². The van der Waals surface area contributed by atoms with Crippen molar-refractivity contribution in [3.05, 3.63) is 53.3 Å². The van der Waals surface area contributed by atoms with Crippen LogP contribution in [0.2, 0.25) is 0 Å². The van der Waals surface area contributed by atoms with E-state index in [9.17, 15) is 9.18 Å². The molecule has 0 unspecified atom stereocenters. The van der Waals surface area contributed by atoms with Crippen LogP contribution in [0.3, 0.4) is 0 Å². The second-order valence-electron chi connectivity index (χ2n) is 4.39. The molecule has 0 aliphatic carbocycles. The molecule has 104 valence electrons. The fourth-order valence-electron chi connectivity index (χ4n) is 1.74. The van der Waals surface area contributed by atoms with Crippen LogP contribution in [0.15, 0.2) is 36.4 Å². The summed E-state index contributed by atoms with van der Waals surface area (Å²) in [5, 5.41) is 2.49. The zero-order chi connectivity index (χ0) is 14.7. The van der Waals surface area contributed by atoms with Gasteiger partial charge < -0.3 is 15.8 Å². The summed E-state index contributed by atoms with van der Waals surface area (Å²) in [6, 6.07) is 9.45. The van der Waals surface area contributed by atoms with Crippen molar-refractivity contribution in [3.8, 4) is 5.75 Å². The van der Waals surface area contributed by atoms with Crippen molar-refractivity contribution in [1.82, 2.24) is 0 Å². The van der Waals surface area contributed by atoms with Crippen LogP contribution in [0.1, 0.15) is 15.9 Å². The van der Waals surface area contributed by atoms with Crippen molar-refractivity contribution in [1.29, 1.82) is 0 Å². The first-order valence-corrected chi connectivity index (χ1v) is 6.02. The second-order valence-corrected chi connectivity index (χ2v) is 4.39. The Kier molecular flexibility index (Phi) is 3.89. The molecule has 5 heteroatoms. The molecule has 2 aromatic rings. The van der Waals surface area contributed by atoms with Crippen LogP contribution >= 0.6 is 0 Å². The molecule has 3 N–H and O–H groups in total. The Morgan fingerprint density at radius 1 is 1.25 bits per heavy atom. The van der Waals surface area contributed by atoms with Gasteiger partial charge in [0.2, 0.25) is 0 Å². The number of nitrogens with one attached hydrogen (secondary N) is 1. The largest absolute Gasteiger partial charge is 0.494 e. The highest BCUT2D eigenvalue weighted by Crippen LogP contribution is 2.28. The summed E-state index contributed by atoms with van der Waals surface area (Å²) in [5.74, 6) is -0.763. The maximum atomic E-state index is 13.8. The van der Waals surface area contributed by atoms with Gasteiger partial charge in [0.25, 0.3) is 5.91 Å². The van der Waals surface area contributed by atoms with Crippen LogP contribution in [-0.2, 0) is 0 Å². The third kappa shape index (κ3) is 2.88. The van der Waals surface area contributed by atoms with E-state index < -0.39 is 11.7 Å². The molecule has 0 saturated carbocycles. The second kappa shape index (κ2) is 5.61. The molecule has 2 rings (SSSR count). The Labute approximate surface area is 116 Å². The Hall–Kier alpha value is -2.56. The minimum atomic E-state index is -0.600. The summed E-state index contributed by atoms with van der Waals surface area (Å²) in [4.78, 5) is 12.0. The highest BCUT2D eigenvalue weighted by atomic mass is 19.1. The van der Waals surface area contributed by atoms with E-state index >= 15 is 0 Å². The predicted octanol–water partition coefficient (Wildman–Crippen LogP) is 2.98. The minimum absolute atomic E-state index is 0.0221. The molecule has 4 nitrogen and oxygen atoms in total. The Bertz CT molecular complexity index is 639. The van der Waals surface area contributed by atoms with Crippen LogP contribution in [-0.4, -0.2) is 13.0 Å². The van der Waals surface area contributed by atoms with Crippen LogP contribution in [0.5, 0.6) is 5.75 Å². The monoisotopic (exact) mass is 274 g/mol. The molecular weight excluding hydrogens is 259 g/mol. The number of hydrogen-bond donors (Lipinski definition) is 2. The third-order valence-electron chi connectivity index (χ3n) is 2.88. The van der Waals surface area contributed by atoms with Crippen molar-refractivity contribution < 1.29 is 13.9 Å². The summed E-state index contributed by atoms with van der Waals surface area (Å²) in [5.41, 5.74) is 7.46. The summed E-state index contributed by atoms with van der Waals surface area (Å²) < 4.78 is 18.7. The maximum Gasteiger partial charge on any atom is 0.255 e. The number of amides is 1. The standard InChI is InChI=1S/C15H15FN2O2/c1-9-3-5-10(6-4-9)15(19)18-13-8-12(17)14(20-2)7-11(13)16/h3-8H,17H2,1-2H3,(H,18,19). The Morgan fingerprint density at radius 3 is 2.50 bits per heavy atom. The van der Waals surface area contributed by atoms with Gasteiger partial charge in [-0.1, -0.05) is 17.7 Å². The lowest BCUT2D eigenvalue weighted by Crippen LogP contribution is -2.13. The number of nitrogens with two attached hydrogens (primary N) is 1.